The number of hydrogen-bond acceptors (Lipinski definition) is 6. The van der Waals surface area contributed by atoms with E-state index >= 15 is 0 Å². The summed E-state index contributed by atoms with van der Waals surface area (Å²) < 4.78 is 7.42. The molecule has 0 bridgehead atoms. The van der Waals surface area contributed by atoms with Crippen LogP contribution in [0.4, 0.5) is 0 Å². The Kier molecular flexibility index (Phi) is 5.29. The zero-order chi connectivity index (χ0) is 19.5. The van der Waals surface area contributed by atoms with Gasteiger partial charge in [-0.25, -0.2) is 9.50 Å². The van der Waals surface area contributed by atoms with Crippen LogP contribution in [-0.4, -0.2) is 54.6 Å². The monoisotopic (exact) mass is 380 g/mol. The van der Waals surface area contributed by atoms with E-state index in [0.717, 1.165) is 36.5 Å². The minimum atomic E-state index is -0.0357. The van der Waals surface area contributed by atoms with Crippen LogP contribution in [0, 0.1) is 13.8 Å². The van der Waals surface area contributed by atoms with Gasteiger partial charge in [-0.2, -0.15) is 4.98 Å². The van der Waals surface area contributed by atoms with E-state index in [-0.39, 0.29) is 18.4 Å². The first-order valence-electron chi connectivity index (χ1n) is 9.57. The molecule has 1 aliphatic heterocycles. The van der Waals surface area contributed by atoms with E-state index in [9.17, 15) is 4.79 Å². The minimum absolute atomic E-state index is 0.0357. The van der Waals surface area contributed by atoms with Crippen molar-refractivity contribution in [2.45, 2.75) is 45.8 Å². The second kappa shape index (κ2) is 8.02. The second-order valence-corrected chi connectivity index (χ2v) is 7.19. The van der Waals surface area contributed by atoms with Gasteiger partial charge in [0.1, 0.15) is 0 Å². The first kappa shape index (κ1) is 18.5. The van der Waals surface area contributed by atoms with Crippen molar-refractivity contribution in [1.29, 1.82) is 0 Å². The molecular weight excluding hydrogens is 356 g/mol. The maximum Gasteiger partial charge on any atom is 0.252 e. The number of carbonyl (C=O) groups excluding carboxylic acids is 1. The lowest BCUT2D eigenvalue weighted by Gasteiger charge is -2.25. The van der Waals surface area contributed by atoms with Crippen molar-refractivity contribution in [1.82, 2.24) is 29.5 Å². The Hall–Kier alpha value is -2.87. The summed E-state index contributed by atoms with van der Waals surface area (Å²) in [4.78, 5) is 28.1. The molecular formula is C20H24N6O2. The summed E-state index contributed by atoms with van der Waals surface area (Å²) in [6.07, 6.45) is 3.95. The maximum atomic E-state index is 13.1. The van der Waals surface area contributed by atoms with E-state index in [1.165, 1.54) is 0 Å². The molecule has 8 nitrogen and oxygen atoms in total. The smallest absolute Gasteiger partial charge is 0.252 e. The molecule has 4 heterocycles. The second-order valence-electron chi connectivity index (χ2n) is 7.19. The molecule has 0 radical (unpaired) electrons. The summed E-state index contributed by atoms with van der Waals surface area (Å²) in [5.74, 6) is 0.965. The molecule has 3 aromatic heterocycles. The summed E-state index contributed by atoms with van der Waals surface area (Å²) in [6, 6.07) is 7.66. The number of amides is 1. The van der Waals surface area contributed by atoms with E-state index in [0.29, 0.717) is 24.7 Å². The lowest BCUT2D eigenvalue weighted by molar-refractivity contribution is -0.132. The highest BCUT2D eigenvalue weighted by molar-refractivity contribution is 5.78. The molecule has 1 fully saturated rings. The first-order chi connectivity index (χ1) is 13.6. The molecule has 28 heavy (non-hydrogen) atoms. The Morgan fingerprint density at radius 3 is 2.96 bits per heavy atom. The third-order valence-corrected chi connectivity index (χ3v) is 4.85. The van der Waals surface area contributed by atoms with Crippen LogP contribution < -0.4 is 0 Å². The van der Waals surface area contributed by atoms with Crippen molar-refractivity contribution in [2.24, 2.45) is 0 Å². The summed E-state index contributed by atoms with van der Waals surface area (Å²) >= 11 is 0. The predicted molar refractivity (Wildman–Crippen MR) is 103 cm³/mol. The van der Waals surface area contributed by atoms with Crippen molar-refractivity contribution in [2.75, 3.05) is 13.2 Å². The molecule has 146 valence electrons. The number of ether oxygens (including phenoxy) is 1. The standard InChI is InChI=1S/C20H24N6O2/c1-14-10-15(2)26-20(22-14)23-18(24-26)11-19(27)25(13-17-7-5-9-28-17)12-16-6-3-4-8-21-16/h3-4,6,8,10,17H,5,7,9,11-13H2,1-2H3/t17-/m1/s1. The van der Waals surface area contributed by atoms with E-state index < -0.39 is 0 Å². The van der Waals surface area contributed by atoms with Crippen LogP contribution >= 0.6 is 0 Å². The first-order valence-corrected chi connectivity index (χ1v) is 9.57. The van der Waals surface area contributed by atoms with Crippen LogP contribution in [-0.2, 0) is 22.5 Å². The average molecular weight is 380 g/mol. The van der Waals surface area contributed by atoms with Crippen LogP contribution in [0.2, 0.25) is 0 Å². The quantitative estimate of drug-likeness (QED) is 0.649. The third kappa shape index (κ3) is 4.17. The van der Waals surface area contributed by atoms with Gasteiger partial charge in [-0.1, -0.05) is 6.07 Å². The number of fused-ring (bicyclic) bond motifs is 1. The highest BCUT2D eigenvalue weighted by Gasteiger charge is 2.24. The molecule has 1 atom stereocenters. The van der Waals surface area contributed by atoms with Crippen molar-refractivity contribution in [3.05, 3.63) is 53.4 Å². The van der Waals surface area contributed by atoms with Crippen LogP contribution in [0.5, 0.6) is 0 Å². The number of carbonyl (C=O) groups is 1. The number of aromatic nitrogens is 5. The zero-order valence-electron chi connectivity index (χ0n) is 16.2. The molecule has 4 rings (SSSR count). The fourth-order valence-electron chi connectivity index (χ4n) is 3.51. The highest BCUT2D eigenvalue weighted by atomic mass is 16.5. The largest absolute Gasteiger partial charge is 0.376 e. The molecule has 0 unspecified atom stereocenters. The molecule has 0 aromatic carbocycles. The minimum Gasteiger partial charge on any atom is -0.376 e. The van der Waals surface area contributed by atoms with Gasteiger partial charge in [0.05, 0.1) is 24.8 Å². The highest BCUT2D eigenvalue weighted by Crippen LogP contribution is 2.16. The van der Waals surface area contributed by atoms with Crippen LogP contribution in [0.3, 0.4) is 0 Å². The zero-order valence-corrected chi connectivity index (χ0v) is 16.2. The Balaban J connectivity index is 1.53. The molecule has 1 amide bonds. The number of hydrogen-bond donors (Lipinski definition) is 0. The molecule has 0 saturated carbocycles. The Morgan fingerprint density at radius 1 is 1.32 bits per heavy atom. The van der Waals surface area contributed by atoms with Crippen molar-refractivity contribution < 1.29 is 9.53 Å². The van der Waals surface area contributed by atoms with E-state index in [4.69, 9.17) is 4.74 Å². The van der Waals surface area contributed by atoms with E-state index in [1.807, 2.05) is 38.1 Å². The van der Waals surface area contributed by atoms with Crippen LogP contribution in [0.1, 0.15) is 35.7 Å². The van der Waals surface area contributed by atoms with E-state index in [2.05, 4.69) is 20.1 Å². The van der Waals surface area contributed by atoms with Crippen LogP contribution in [0.15, 0.2) is 30.5 Å². The van der Waals surface area contributed by atoms with E-state index in [1.54, 1.807) is 15.6 Å². The number of aryl methyl sites for hydroxylation is 2. The maximum absolute atomic E-state index is 13.1. The van der Waals surface area contributed by atoms with Gasteiger partial charge in [0, 0.05) is 30.7 Å². The molecule has 8 heteroatoms. The van der Waals surface area contributed by atoms with Gasteiger partial charge in [0.15, 0.2) is 5.82 Å². The van der Waals surface area contributed by atoms with Gasteiger partial charge in [-0.05, 0) is 44.9 Å². The topological polar surface area (TPSA) is 85.5 Å². The van der Waals surface area contributed by atoms with Gasteiger partial charge in [0.25, 0.3) is 5.78 Å². The fraction of sp³-hybridized carbons (Fsp3) is 0.450. The van der Waals surface area contributed by atoms with Gasteiger partial charge < -0.3 is 9.64 Å². The molecule has 1 saturated heterocycles. The van der Waals surface area contributed by atoms with Crippen molar-refractivity contribution in [3.63, 3.8) is 0 Å². The third-order valence-electron chi connectivity index (χ3n) is 4.85. The summed E-state index contributed by atoms with van der Waals surface area (Å²) in [5, 5.41) is 4.46. The summed E-state index contributed by atoms with van der Waals surface area (Å²) in [6.45, 7) is 5.63. The van der Waals surface area contributed by atoms with Gasteiger partial charge in [-0.15, -0.1) is 5.10 Å². The predicted octanol–water partition coefficient (Wildman–Crippen LogP) is 1.89. The van der Waals surface area contributed by atoms with Crippen molar-refractivity contribution >= 4 is 11.7 Å². The normalized spacial score (nSPS) is 16.6. The van der Waals surface area contributed by atoms with Gasteiger partial charge in [-0.3, -0.25) is 9.78 Å². The lowest BCUT2D eigenvalue weighted by Crippen LogP contribution is -2.38. The SMILES string of the molecule is Cc1cc(C)n2nc(CC(=O)N(Cc3ccccn3)C[C@H]3CCCO3)nc2n1. The number of nitrogens with zero attached hydrogens (tertiary/aromatic N) is 6. The lowest BCUT2D eigenvalue weighted by atomic mass is 10.2. The summed E-state index contributed by atoms with van der Waals surface area (Å²) in [5.41, 5.74) is 2.67. The van der Waals surface area contributed by atoms with Crippen molar-refractivity contribution in [3.8, 4) is 0 Å². The fourth-order valence-corrected chi connectivity index (χ4v) is 3.51. The summed E-state index contributed by atoms with van der Waals surface area (Å²) in [7, 11) is 0. The average Bonchev–Trinajstić information content (AvgIpc) is 3.31. The Bertz CT molecular complexity index is 965. The molecule has 0 N–H and O–H groups in total. The molecule has 0 aliphatic carbocycles. The number of pyridine rings is 1. The molecule has 3 aromatic rings. The van der Waals surface area contributed by atoms with Gasteiger partial charge in [0.2, 0.25) is 5.91 Å². The Morgan fingerprint density at radius 2 is 2.21 bits per heavy atom. The Labute approximate surface area is 163 Å². The van der Waals surface area contributed by atoms with Gasteiger partial charge >= 0.3 is 0 Å². The molecule has 0 spiro atoms. The molecule has 1 aliphatic rings. The number of rotatable bonds is 6. The van der Waals surface area contributed by atoms with Crippen LogP contribution in [0.25, 0.3) is 5.78 Å².